The highest BCUT2D eigenvalue weighted by atomic mass is 16.3. The second kappa shape index (κ2) is 3.95. The first-order chi connectivity index (χ1) is 6.31. The highest BCUT2D eigenvalue weighted by Crippen LogP contribution is 2.29. The van der Waals surface area contributed by atoms with Gasteiger partial charge in [-0.05, 0) is 38.1 Å². The topological polar surface area (TPSA) is 43.7 Å². The van der Waals surface area contributed by atoms with Gasteiger partial charge in [0.25, 0.3) is 0 Å². The zero-order chi connectivity index (χ0) is 9.26. The van der Waals surface area contributed by atoms with Crippen molar-refractivity contribution >= 4 is 0 Å². The Bertz CT molecular complexity index is 174. The van der Waals surface area contributed by atoms with Crippen molar-refractivity contribution in [3.8, 4) is 0 Å². The van der Waals surface area contributed by atoms with E-state index in [9.17, 15) is 5.11 Å². The third-order valence-electron chi connectivity index (χ3n) is 3.48. The molecule has 1 aliphatic heterocycles. The Morgan fingerprint density at radius 3 is 2.62 bits per heavy atom. The van der Waals surface area contributed by atoms with Gasteiger partial charge in [-0.15, -0.1) is 0 Å². The second-order valence-electron chi connectivity index (χ2n) is 4.40. The highest BCUT2D eigenvalue weighted by molar-refractivity contribution is 4.90. The van der Waals surface area contributed by atoms with Crippen LogP contribution in [-0.2, 0) is 0 Å². The lowest BCUT2D eigenvalue weighted by molar-refractivity contribution is -0.0414. The van der Waals surface area contributed by atoms with Crippen LogP contribution in [0.5, 0.6) is 0 Å². The van der Waals surface area contributed by atoms with Gasteiger partial charge in [-0.1, -0.05) is 0 Å². The van der Waals surface area contributed by atoms with Gasteiger partial charge in [0.1, 0.15) is 0 Å². The highest BCUT2D eigenvalue weighted by Gasteiger charge is 2.35. The zero-order valence-corrected chi connectivity index (χ0v) is 8.02. The Morgan fingerprint density at radius 2 is 2.08 bits per heavy atom. The molecule has 13 heavy (non-hydrogen) atoms. The lowest BCUT2D eigenvalue weighted by Gasteiger charge is -2.45. The Balaban J connectivity index is 1.85. The average Bonchev–Trinajstić information content (AvgIpc) is 2.16. The summed E-state index contributed by atoms with van der Waals surface area (Å²) in [5, 5.41) is 18.6. The molecule has 0 amide bonds. The zero-order valence-electron chi connectivity index (χ0n) is 8.02. The number of likely N-dealkylation sites (tertiary alicyclic amines) is 1. The van der Waals surface area contributed by atoms with Gasteiger partial charge >= 0.3 is 0 Å². The largest absolute Gasteiger partial charge is 0.396 e. The molecule has 0 spiro atoms. The van der Waals surface area contributed by atoms with Gasteiger partial charge in [-0.3, -0.25) is 4.90 Å². The Hall–Kier alpha value is -0.120. The van der Waals surface area contributed by atoms with Crippen molar-refractivity contribution in [3.63, 3.8) is 0 Å². The summed E-state index contributed by atoms with van der Waals surface area (Å²) in [5.41, 5.74) is 0. The number of aliphatic hydroxyl groups excluding tert-OH is 2. The van der Waals surface area contributed by atoms with E-state index < -0.39 is 0 Å². The molecular formula is C10H19NO2. The van der Waals surface area contributed by atoms with Crippen LogP contribution in [0, 0.1) is 5.92 Å². The van der Waals surface area contributed by atoms with E-state index in [1.807, 2.05) is 0 Å². The average molecular weight is 185 g/mol. The van der Waals surface area contributed by atoms with Crippen molar-refractivity contribution in [1.82, 2.24) is 4.90 Å². The Labute approximate surface area is 79.4 Å². The van der Waals surface area contributed by atoms with Gasteiger partial charge in [0, 0.05) is 19.2 Å². The van der Waals surface area contributed by atoms with Crippen LogP contribution in [0.2, 0.25) is 0 Å². The number of hydrogen-bond donors (Lipinski definition) is 2. The molecule has 3 unspecified atom stereocenters. The molecule has 1 saturated heterocycles. The molecule has 2 N–H and O–H groups in total. The van der Waals surface area contributed by atoms with E-state index in [0.29, 0.717) is 18.6 Å². The third-order valence-corrected chi connectivity index (χ3v) is 3.48. The summed E-state index contributed by atoms with van der Waals surface area (Å²) in [7, 11) is 0. The molecule has 0 aromatic rings. The predicted molar refractivity (Wildman–Crippen MR) is 50.4 cm³/mol. The van der Waals surface area contributed by atoms with Gasteiger partial charge in [-0.25, -0.2) is 0 Å². The molecule has 0 bridgehead atoms. The molecule has 1 aliphatic carbocycles. The third kappa shape index (κ3) is 1.87. The molecule has 0 aromatic carbocycles. The first-order valence-corrected chi connectivity index (χ1v) is 5.34. The van der Waals surface area contributed by atoms with Crippen molar-refractivity contribution < 1.29 is 10.2 Å². The summed E-state index contributed by atoms with van der Waals surface area (Å²) in [6, 6.07) is 0.398. The lowest BCUT2D eigenvalue weighted by atomic mass is 9.85. The van der Waals surface area contributed by atoms with Gasteiger partial charge in [-0.2, -0.15) is 0 Å². The molecule has 76 valence electrons. The molecule has 0 radical (unpaired) electrons. The summed E-state index contributed by atoms with van der Waals surface area (Å²) >= 11 is 0. The summed E-state index contributed by atoms with van der Waals surface area (Å²) < 4.78 is 0. The van der Waals surface area contributed by atoms with Crippen LogP contribution in [0.15, 0.2) is 0 Å². The van der Waals surface area contributed by atoms with Crippen molar-refractivity contribution in [1.29, 1.82) is 0 Å². The van der Waals surface area contributed by atoms with Crippen LogP contribution < -0.4 is 0 Å². The van der Waals surface area contributed by atoms with Crippen LogP contribution in [0.25, 0.3) is 0 Å². The number of rotatable bonds is 2. The Kier molecular flexibility index (Phi) is 2.86. The molecule has 3 nitrogen and oxygen atoms in total. The summed E-state index contributed by atoms with van der Waals surface area (Å²) in [6.07, 6.45) is 4.33. The van der Waals surface area contributed by atoms with Gasteiger partial charge in [0.05, 0.1) is 6.10 Å². The molecule has 2 aliphatic rings. The smallest absolute Gasteiger partial charge is 0.0696 e. The molecule has 1 saturated carbocycles. The normalized spacial score (nSPS) is 41.5. The summed E-state index contributed by atoms with van der Waals surface area (Å²) in [4.78, 5) is 2.36. The van der Waals surface area contributed by atoms with E-state index in [-0.39, 0.29) is 6.10 Å². The minimum Gasteiger partial charge on any atom is -0.396 e. The fourth-order valence-corrected chi connectivity index (χ4v) is 2.44. The van der Waals surface area contributed by atoms with Crippen LogP contribution in [-0.4, -0.2) is 47.0 Å². The number of hydrogen-bond acceptors (Lipinski definition) is 3. The van der Waals surface area contributed by atoms with E-state index in [1.165, 1.54) is 6.42 Å². The van der Waals surface area contributed by atoms with E-state index in [0.717, 1.165) is 32.4 Å². The van der Waals surface area contributed by atoms with Gasteiger partial charge in [0.2, 0.25) is 0 Å². The van der Waals surface area contributed by atoms with Crippen LogP contribution in [0.3, 0.4) is 0 Å². The van der Waals surface area contributed by atoms with E-state index in [2.05, 4.69) is 4.90 Å². The van der Waals surface area contributed by atoms with Crippen LogP contribution in [0.1, 0.15) is 25.7 Å². The van der Waals surface area contributed by atoms with Crippen molar-refractivity contribution in [2.75, 3.05) is 19.7 Å². The number of aliphatic hydroxyl groups is 2. The van der Waals surface area contributed by atoms with Crippen LogP contribution in [0.4, 0.5) is 0 Å². The van der Waals surface area contributed by atoms with Crippen molar-refractivity contribution in [2.45, 2.75) is 37.8 Å². The molecule has 3 heteroatoms. The Morgan fingerprint density at radius 1 is 1.23 bits per heavy atom. The monoisotopic (exact) mass is 185 g/mol. The van der Waals surface area contributed by atoms with Crippen molar-refractivity contribution in [3.05, 3.63) is 0 Å². The minimum absolute atomic E-state index is 0.0996. The number of piperidine rings is 1. The second-order valence-corrected chi connectivity index (χ2v) is 4.40. The molecule has 2 fully saturated rings. The number of nitrogens with zero attached hydrogens (tertiary/aromatic N) is 1. The maximum Gasteiger partial charge on any atom is 0.0696 e. The quantitative estimate of drug-likeness (QED) is 0.646. The van der Waals surface area contributed by atoms with Gasteiger partial charge < -0.3 is 10.2 Å². The molecular weight excluding hydrogens is 166 g/mol. The maximum atomic E-state index is 9.51. The molecule has 0 aromatic heterocycles. The fourth-order valence-electron chi connectivity index (χ4n) is 2.44. The standard InChI is InChI=1S/C10H19NO2/c12-7-8-2-1-5-11(6-8)9-3-4-10(9)13/h8-10,12-13H,1-7H2. The fraction of sp³-hybridized carbons (Fsp3) is 1.00. The SMILES string of the molecule is OCC1CCCN(C2CCC2O)C1. The van der Waals surface area contributed by atoms with E-state index >= 15 is 0 Å². The predicted octanol–water partition coefficient (Wildman–Crippen LogP) is 0.214. The lowest BCUT2D eigenvalue weighted by Crippen LogP contribution is -2.54. The summed E-state index contributed by atoms with van der Waals surface area (Å²) in [5.74, 6) is 0.446. The molecule has 3 atom stereocenters. The first-order valence-electron chi connectivity index (χ1n) is 5.34. The van der Waals surface area contributed by atoms with Crippen LogP contribution >= 0.6 is 0 Å². The minimum atomic E-state index is -0.0996. The summed E-state index contributed by atoms with van der Waals surface area (Å²) in [6.45, 7) is 2.40. The van der Waals surface area contributed by atoms with Gasteiger partial charge in [0.15, 0.2) is 0 Å². The van der Waals surface area contributed by atoms with E-state index in [4.69, 9.17) is 5.11 Å². The molecule has 2 rings (SSSR count). The molecule has 1 heterocycles. The maximum absolute atomic E-state index is 9.51. The first kappa shape index (κ1) is 9.44. The van der Waals surface area contributed by atoms with Crippen molar-refractivity contribution in [2.24, 2.45) is 5.92 Å². The van der Waals surface area contributed by atoms with E-state index in [1.54, 1.807) is 0 Å².